The second-order valence-corrected chi connectivity index (χ2v) is 9.13. The van der Waals surface area contributed by atoms with E-state index in [2.05, 4.69) is 31.7 Å². The van der Waals surface area contributed by atoms with Crippen molar-refractivity contribution >= 4 is 56.9 Å². The Balaban J connectivity index is 1.37. The Hall–Kier alpha value is -4.56. The first-order valence-electron chi connectivity index (χ1n) is 11.7. The molecular formula is C28H21ClFN7. The van der Waals surface area contributed by atoms with Gasteiger partial charge in [0, 0.05) is 34.4 Å². The molecule has 5 aromatic rings. The number of nitrogen functional groups attached to an aromatic ring is 1. The summed E-state index contributed by atoms with van der Waals surface area (Å²) in [6.07, 6.45) is 3.70. The second kappa shape index (κ2) is 9.48. The molecule has 1 atom stereocenters. The average molecular weight is 510 g/mol. The van der Waals surface area contributed by atoms with E-state index in [1.807, 2.05) is 42.5 Å². The number of fused-ring (bicyclic) bond motifs is 2. The molecule has 0 bridgehead atoms. The highest BCUT2D eigenvalue weighted by Gasteiger charge is 2.24. The van der Waals surface area contributed by atoms with Crippen molar-refractivity contribution in [2.75, 3.05) is 16.4 Å². The first kappa shape index (κ1) is 22.9. The lowest BCUT2D eigenvalue weighted by Crippen LogP contribution is -2.15. The van der Waals surface area contributed by atoms with Crippen molar-refractivity contribution in [2.24, 2.45) is 4.99 Å². The Bertz CT molecular complexity index is 1650. The first-order valence-corrected chi connectivity index (χ1v) is 12.0. The highest BCUT2D eigenvalue weighted by Crippen LogP contribution is 2.37. The van der Waals surface area contributed by atoms with Gasteiger partial charge in [-0.25, -0.2) is 19.4 Å². The highest BCUT2D eigenvalue weighted by molar-refractivity contribution is 6.31. The second-order valence-electron chi connectivity index (χ2n) is 8.69. The summed E-state index contributed by atoms with van der Waals surface area (Å²) in [4.78, 5) is 17.7. The van der Waals surface area contributed by atoms with E-state index in [-0.39, 0.29) is 17.7 Å². The minimum Gasteiger partial charge on any atom is -0.382 e. The van der Waals surface area contributed by atoms with Crippen molar-refractivity contribution in [1.29, 1.82) is 0 Å². The van der Waals surface area contributed by atoms with E-state index in [1.165, 1.54) is 18.5 Å². The van der Waals surface area contributed by atoms with Crippen LogP contribution in [0.15, 0.2) is 90.3 Å². The van der Waals surface area contributed by atoms with Gasteiger partial charge < -0.3 is 16.4 Å². The molecule has 4 N–H and O–H groups in total. The molecule has 182 valence electrons. The van der Waals surface area contributed by atoms with Crippen LogP contribution in [0, 0.1) is 5.82 Å². The van der Waals surface area contributed by atoms with E-state index in [0.29, 0.717) is 22.9 Å². The molecule has 3 aromatic carbocycles. The molecular weight excluding hydrogens is 489 g/mol. The maximum absolute atomic E-state index is 13.6. The van der Waals surface area contributed by atoms with Crippen LogP contribution in [0.4, 0.5) is 33.1 Å². The van der Waals surface area contributed by atoms with Gasteiger partial charge in [0.25, 0.3) is 0 Å². The summed E-state index contributed by atoms with van der Waals surface area (Å²) in [5.74, 6) is 0.517. The topological polar surface area (TPSA) is 101 Å². The molecule has 1 aliphatic rings. The number of nitrogens with one attached hydrogen (secondary N) is 2. The van der Waals surface area contributed by atoms with Gasteiger partial charge in [0.2, 0.25) is 0 Å². The minimum absolute atomic E-state index is 0.172. The van der Waals surface area contributed by atoms with Crippen molar-refractivity contribution in [1.82, 2.24) is 15.0 Å². The maximum atomic E-state index is 13.6. The standard InChI is InChI=1S/C28H21ClFN7/c29-18-6-9-21-22(10-11-32-25(21)13-18)35-20-3-1-2-17(12-20)24-14-23(16-4-7-19(30)8-5-16)36-26-27(31)33-15-34-28(26)37-24/h1-13,15,24H,14H2,(H,32,35)(H3,31,33,34,37). The van der Waals surface area contributed by atoms with E-state index in [1.54, 1.807) is 18.3 Å². The van der Waals surface area contributed by atoms with Crippen molar-refractivity contribution in [3.63, 3.8) is 0 Å². The third kappa shape index (κ3) is 4.66. The molecule has 0 aliphatic carbocycles. The maximum Gasteiger partial charge on any atom is 0.158 e. The Labute approximate surface area is 217 Å². The Kier molecular flexibility index (Phi) is 5.86. The molecule has 37 heavy (non-hydrogen) atoms. The zero-order valence-electron chi connectivity index (χ0n) is 19.5. The van der Waals surface area contributed by atoms with Gasteiger partial charge in [0.05, 0.1) is 17.3 Å². The molecule has 6 rings (SSSR count). The Morgan fingerprint density at radius 3 is 2.70 bits per heavy atom. The van der Waals surface area contributed by atoms with Crippen LogP contribution >= 0.6 is 11.6 Å². The molecule has 0 amide bonds. The van der Waals surface area contributed by atoms with Crippen molar-refractivity contribution < 1.29 is 4.39 Å². The molecule has 9 heteroatoms. The van der Waals surface area contributed by atoms with Crippen LogP contribution in [0.2, 0.25) is 5.02 Å². The molecule has 1 unspecified atom stereocenters. The van der Waals surface area contributed by atoms with Gasteiger partial charge in [-0.2, -0.15) is 0 Å². The molecule has 1 aliphatic heterocycles. The Morgan fingerprint density at radius 1 is 0.973 bits per heavy atom. The normalized spacial score (nSPS) is 14.9. The number of rotatable bonds is 4. The number of halogens is 2. The molecule has 7 nitrogen and oxygen atoms in total. The van der Waals surface area contributed by atoms with Gasteiger partial charge in [0.1, 0.15) is 17.8 Å². The molecule has 0 saturated heterocycles. The van der Waals surface area contributed by atoms with E-state index in [9.17, 15) is 4.39 Å². The van der Waals surface area contributed by atoms with Crippen molar-refractivity contribution in [3.05, 3.63) is 107 Å². The zero-order valence-corrected chi connectivity index (χ0v) is 20.2. The third-order valence-corrected chi connectivity index (χ3v) is 6.49. The monoisotopic (exact) mass is 509 g/mol. The van der Waals surface area contributed by atoms with E-state index >= 15 is 0 Å². The lowest BCUT2D eigenvalue weighted by molar-refractivity contribution is 0.627. The highest BCUT2D eigenvalue weighted by atomic mass is 35.5. The third-order valence-electron chi connectivity index (χ3n) is 6.26. The van der Waals surface area contributed by atoms with Gasteiger partial charge in [-0.3, -0.25) is 4.98 Å². The summed E-state index contributed by atoms with van der Waals surface area (Å²) in [7, 11) is 0. The van der Waals surface area contributed by atoms with Crippen LogP contribution < -0.4 is 16.4 Å². The fourth-order valence-electron chi connectivity index (χ4n) is 4.44. The zero-order chi connectivity index (χ0) is 25.4. The van der Waals surface area contributed by atoms with Crippen LogP contribution in [-0.2, 0) is 0 Å². The summed E-state index contributed by atoms with van der Waals surface area (Å²) >= 11 is 6.15. The van der Waals surface area contributed by atoms with Gasteiger partial charge in [-0.05, 0) is 59.7 Å². The molecule has 3 heterocycles. The van der Waals surface area contributed by atoms with Crippen molar-refractivity contribution in [2.45, 2.75) is 12.5 Å². The van der Waals surface area contributed by atoms with Crippen LogP contribution in [0.3, 0.4) is 0 Å². The predicted molar refractivity (Wildman–Crippen MR) is 146 cm³/mol. The number of hydrogen-bond donors (Lipinski definition) is 3. The number of benzene rings is 3. The van der Waals surface area contributed by atoms with Crippen LogP contribution in [0.25, 0.3) is 10.9 Å². The first-order chi connectivity index (χ1) is 18.0. The van der Waals surface area contributed by atoms with Gasteiger partial charge in [-0.1, -0.05) is 35.9 Å². The smallest absolute Gasteiger partial charge is 0.158 e. The number of nitrogens with two attached hydrogens (primary N) is 1. The molecule has 0 fully saturated rings. The molecule has 0 saturated carbocycles. The largest absolute Gasteiger partial charge is 0.382 e. The van der Waals surface area contributed by atoms with Gasteiger partial charge in [0.15, 0.2) is 11.6 Å². The molecule has 0 radical (unpaired) electrons. The quantitative estimate of drug-likeness (QED) is 0.246. The summed E-state index contributed by atoms with van der Waals surface area (Å²) < 4.78 is 13.6. The van der Waals surface area contributed by atoms with E-state index in [4.69, 9.17) is 22.3 Å². The van der Waals surface area contributed by atoms with Crippen LogP contribution in [-0.4, -0.2) is 20.7 Å². The molecule has 0 spiro atoms. The van der Waals surface area contributed by atoms with Crippen LogP contribution in [0.5, 0.6) is 0 Å². The Morgan fingerprint density at radius 2 is 1.84 bits per heavy atom. The number of aromatic nitrogens is 3. The van der Waals surface area contributed by atoms with Crippen LogP contribution in [0.1, 0.15) is 23.6 Å². The number of anilines is 4. The fraction of sp³-hybridized carbons (Fsp3) is 0.0714. The van der Waals surface area contributed by atoms with Gasteiger partial charge in [-0.15, -0.1) is 0 Å². The van der Waals surface area contributed by atoms with Gasteiger partial charge >= 0.3 is 0 Å². The summed E-state index contributed by atoms with van der Waals surface area (Å²) in [5.41, 5.74) is 11.8. The SMILES string of the molecule is Nc1ncnc2c1N=C(c1ccc(F)cc1)CC(c1cccc(Nc3ccnc4cc(Cl)ccc34)c1)N2. The van der Waals surface area contributed by atoms with E-state index in [0.717, 1.165) is 39.1 Å². The summed E-state index contributed by atoms with van der Waals surface area (Å²) in [6.45, 7) is 0. The fourth-order valence-corrected chi connectivity index (χ4v) is 4.61. The number of hydrogen-bond acceptors (Lipinski definition) is 7. The predicted octanol–water partition coefficient (Wildman–Crippen LogP) is 6.82. The average Bonchev–Trinajstić information content (AvgIpc) is 3.10. The minimum atomic E-state index is -0.305. The lowest BCUT2D eigenvalue weighted by Gasteiger charge is -2.20. The summed E-state index contributed by atoms with van der Waals surface area (Å²) in [6, 6.07) is 21.8. The van der Waals surface area contributed by atoms with Crippen molar-refractivity contribution in [3.8, 4) is 0 Å². The number of nitrogens with zero attached hydrogens (tertiary/aromatic N) is 4. The summed E-state index contributed by atoms with van der Waals surface area (Å²) in [5, 5.41) is 8.60. The number of pyridine rings is 1. The molecule has 2 aromatic heterocycles. The number of aliphatic imine (C=N–C) groups is 1. The lowest BCUT2D eigenvalue weighted by atomic mass is 9.97. The van der Waals surface area contributed by atoms with E-state index < -0.39 is 0 Å².